The van der Waals surface area contributed by atoms with Gasteiger partial charge in [0.25, 0.3) is 0 Å². The van der Waals surface area contributed by atoms with Gasteiger partial charge in [0, 0.05) is 36.3 Å². The minimum absolute atomic E-state index is 0.600. The number of nitrogens with zero attached hydrogens (tertiary/aromatic N) is 2. The minimum Gasteiger partial charge on any atom is -0.459 e. The molecule has 1 aliphatic heterocycles. The summed E-state index contributed by atoms with van der Waals surface area (Å²) in [7, 11) is 0. The highest BCUT2D eigenvalue weighted by atomic mass is 16.5. The summed E-state index contributed by atoms with van der Waals surface area (Å²) in [6, 6.07) is 16.8. The van der Waals surface area contributed by atoms with Gasteiger partial charge < -0.3 is 24.7 Å². The summed E-state index contributed by atoms with van der Waals surface area (Å²) in [5.41, 5.74) is 4.53. The van der Waals surface area contributed by atoms with Gasteiger partial charge in [-0.2, -0.15) is 0 Å². The summed E-state index contributed by atoms with van der Waals surface area (Å²) in [5.74, 6) is 1.73. The monoisotopic (exact) mass is 406 g/mol. The van der Waals surface area contributed by atoms with E-state index in [2.05, 4.69) is 59.7 Å². The van der Waals surface area contributed by atoms with Crippen LogP contribution in [-0.4, -0.2) is 38.8 Å². The van der Waals surface area contributed by atoms with E-state index < -0.39 is 0 Å². The van der Waals surface area contributed by atoms with Gasteiger partial charge in [-0.15, -0.1) is 0 Å². The number of para-hydroxylation sites is 1. The molecule has 1 aromatic heterocycles. The van der Waals surface area contributed by atoms with Gasteiger partial charge in [0.05, 0.1) is 26.3 Å². The molecule has 0 aliphatic carbocycles. The highest BCUT2D eigenvalue weighted by Crippen LogP contribution is 2.24. The van der Waals surface area contributed by atoms with Crippen LogP contribution in [0.4, 0.5) is 5.69 Å². The lowest BCUT2D eigenvalue weighted by atomic mass is 10.1. The smallest absolute Gasteiger partial charge is 0.191 e. The third kappa shape index (κ3) is 4.76. The van der Waals surface area contributed by atoms with Gasteiger partial charge in [0.2, 0.25) is 0 Å². The predicted octanol–water partition coefficient (Wildman–Crippen LogP) is 3.83. The van der Waals surface area contributed by atoms with E-state index in [1.165, 1.54) is 16.8 Å². The maximum absolute atomic E-state index is 6.00. The number of fused-ring (bicyclic) bond motifs is 1. The van der Waals surface area contributed by atoms with Crippen molar-refractivity contribution in [1.82, 2.24) is 10.6 Å². The lowest BCUT2D eigenvalue weighted by Crippen LogP contribution is -2.36. The van der Waals surface area contributed by atoms with Crippen molar-refractivity contribution in [3.8, 4) is 0 Å². The number of hydrogen-bond acceptors (Lipinski definition) is 4. The molecule has 30 heavy (non-hydrogen) atoms. The lowest BCUT2D eigenvalue weighted by Gasteiger charge is -2.28. The largest absolute Gasteiger partial charge is 0.459 e. The first-order chi connectivity index (χ1) is 14.7. The van der Waals surface area contributed by atoms with E-state index in [1.54, 1.807) is 0 Å². The maximum atomic E-state index is 6.00. The third-order valence-corrected chi connectivity index (χ3v) is 5.44. The van der Waals surface area contributed by atoms with Gasteiger partial charge >= 0.3 is 0 Å². The van der Waals surface area contributed by atoms with Crippen LogP contribution in [0.5, 0.6) is 0 Å². The molecular formula is C24H30N4O2. The Morgan fingerprint density at radius 3 is 2.53 bits per heavy atom. The number of aliphatic imine (C=N–C) groups is 1. The van der Waals surface area contributed by atoms with E-state index >= 15 is 0 Å². The first-order valence-corrected chi connectivity index (χ1v) is 10.7. The maximum Gasteiger partial charge on any atom is 0.191 e. The number of furan rings is 1. The van der Waals surface area contributed by atoms with Crippen LogP contribution in [0.15, 0.2) is 57.9 Å². The van der Waals surface area contributed by atoms with Crippen molar-refractivity contribution in [2.75, 3.05) is 37.7 Å². The second-order valence-electron chi connectivity index (χ2n) is 7.46. The molecule has 6 nitrogen and oxygen atoms in total. The second-order valence-corrected chi connectivity index (χ2v) is 7.46. The number of guanidine groups is 1. The normalized spacial score (nSPS) is 14.9. The van der Waals surface area contributed by atoms with Crippen LogP contribution >= 0.6 is 0 Å². The summed E-state index contributed by atoms with van der Waals surface area (Å²) in [4.78, 5) is 7.10. The van der Waals surface area contributed by atoms with Crippen molar-refractivity contribution in [3.63, 3.8) is 0 Å². The highest BCUT2D eigenvalue weighted by Gasteiger charge is 2.12. The topological polar surface area (TPSA) is 62.0 Å². The Bertz CT molecular complexity index is 988. The molecule has 158 valence electrons. The minimum atomic E-state index is 0.600. The molecule has 0 unspecified atom stereocenters. The van der Waals surface area contributed by atoms with Crippen molar-refractivity contribution in [3.05, 3.63) is 65.4 Å². The molecule has 0 radical (unpaired) electrons. The summed E-state index contributed by atoms with van der Waals surface area (Å²) in [5, 5.41) is 7.87. The Labute approximate surface area is 177 Å². The van der Waals surface area contributed by atoms with Crippen molar-refractivity contribution in [1.29, 1.82) is 0 Å². The van der Waals surface area contributed by atoms with E-state index in [1.807, 2.05) is 18.2 Å². The number of morpholine rings is 1. The van der Waals surface area contributed by atoms with Gasteiger partial charge in [-0.3, -0.25) is 0 Å². The molecule has 3 aromatic rings. The summed E-state index contributed by atoms with van der Waals surface area (Å²) in [6.45, 7) is 9.70. The van der Waals surface area contributed by atoms with Crippen LogP contribution in [0.25, 0.3) is 11.0 Å². The summed E-state index contributed by atoms with van der Waals surface area (Å²) < 4.78 is 11.4. The average molecular weight is 407 g/mol. The molecule has 0 amide bonds. The van der Waals surface area contributed by atoms with E-state index in [0.29, 0.717) is 13.1 Å². The van der Waals surface area contributed by atoms with Gasteiger partial charge in [0.1, 0.15) is 11.3 Å². The number of ether oxygens (including phenoxy) is 1. The van der Waals surface area contributed by atoms with E-state index in [0.717, 1.165) is 55.5 Å². The molecule has 1 saturated heterocycles. The molecule has 6 heteroatoms. The van der Waals surface area contributed by atoms with Gasteiger partial charge in [-0.1, -0.05) is 30.3 Å². The van der Waals surface area contributed by atoms with Gasteiger partial charge in [-0.25, -0.2) is 4.99 Å². The molecule has 2 heterocycles. The standard InChI is InChI=1S/C24H30N4O2/c1-3-25-24(27-17-23-18(2)21-6-4-5-7-22(21)30-23)26-16-19-8-10-20(11-9-19)28-12-14-29-15-13-28/h4-11H,3,12-17H2,1-2H3,(H2,25,26,27). The predicted molar refractivity (Wildman–Crippen MR) is 122 cm³/mol. The van der Waals surface area contributed by atoms with Crippen molar-refractivity contribution in [2.45, 2.75) is 26.9 Å². The third-order valence-electron chi connectivity index (χ3n) is 5.44. The zero-order valence-corrected chi connectivity index (χ0v) is 17.8. The first-order valence-electron chi connectivity index (χ1n) is 10.7. The quantitative estimate of drug-likeness (QED) is 0.481. The second kappa shape index (κ2) is 9.67. The zero-order valence-electron chi connectivity index (χ0n) is 17.8. The lowest BCUT2D eigenvalue weighted by molar-refractivity contribution is 0.122. The molecule has 0 bridgehead atoms. The van der Waals surface area contributed by atoms with Crippen molar-refractivity contribution < 1.29 is 9.15 Å². The van der Waals surface area contributed by atoms with Gasteiger partial charge in [0.15, 0.2) is 5.96 Å². The summed E-state index contributed by atoms with van der Waals surface area (Å²) >= 11 is 0. The Balaban J connectivity index is 1.39. The highest BCUT2D eigenvalue weighted by molar-refractivity contribution is 5.83. The Morgan fingerprint density at radius 1 is 1.03 bits per heavy atom. The van der Waals surface area contributed by atoms with Crippen LogP contribution in [0, 0.1) is 6.92 Å². The molecule has 4 rings (SSSR count). The molecule has 0 atom stereocenters. The van der Waals surface area contributed by atoms with Gasteiger partial charge in [-0.05, 0) is 37.6 Å². The number of hydrogen-bond donors (Lipinski definition) is 2. The number of benzene rings is 2. The van der Waals surface area contributed by atoms with Crippen LogP contribution in [-0.2, 0) is 17.8 Å². The molecular weight excluding hydrogens is 376 g/mol. The number of anilines is 1. The van der Waals surface area contributed by atoms with E-state index in [-0.39, 0.29) is 0 Å². The van der Waals surface area contributed by atoms with Crippen LogP contribution in [0.3, 0.4) is 0 Å². The van der Waals surface area contributed by atoms with E-state index in [4.69, 9.17) is 14.1 Å². The Kier molecular flexibility index (Phi) is 6.54. The molecule has 1 aliphatic rings. The fourth-order valence-corrected chi connectivity index (χ4v) is 3.70. The number of aryl methyl sites for hydroxylation is 1. The molecule has 1 fully saturated rings. The summed E-state index contributed by atoms with van der Waals surface area (Å²) in [6.07, 6.45) is 0. The zero-order chi connectivity index (χ0) is 20.8. The SMILES string of the molecule is CCNC(=NCc1ccc(N2CCOCC2)cc1)NCc1oc2ccccc2c1C. The van der Waals surface area contributed by atoms with Crippen LogP contribution in [0.1, 0.15) is 23.8 Å². The molecule has 2 N–H and O–H groups in total. The van der Waals surface area contributed by atoms with Crippen LogP contribution < -0.4 is 15.5 Å². The van der Waals surface area contributed by atoms with E-state index in [9.17, 15) is 0 Å². The molecule has 2 aromatic carbocycles. The fourth-order valence-electron chi connectivity index (χ4n) is 3.70. The van der Waals surface area contributed by atoms with Crippen LogP contribution in [0.2, 0.25) is 0 Å². The van der Waals surface area contributed by atoms with Crippen molar-refractivity contribution >= 4 is 22.6 Å². The number of rotatable bonds is 6. The Morgan fingerprint density at radius 2 is 1.80 bits per heavy atom. The Hall–Kier alpha value is -2.99. The molecule has 0 saturated carbocycles. The first kappa shape index (κ1) is 20.3. The number of nitrogens with one attached hydrogen (secondary N) is 2. The fraction of sp³-hybridized carbons (Fsp3) is 0.375. The molecule has 0 spiro atoms. The average Bonchev–Trinajstić information content (AvgIpc) is 3.12. The van der Waals surface area contributed by atoms with Crippen molar-refractivity contribution in [2.24, 2.45) is 4.99 Å².